The summed E-state index contributed by atoms with van der Waals surface area (Å²) in [5, 5.41) is 22.0. The molecule has 0 atom stereocenters. The monoisotopic (exact) mass is 420 g/mol. The fraction of sp³-hybridized carbons (Fsp3) is 0.150. The molecule has 1 heterocycles. The zero-order valence-corrected chi connectivity index (χ0v) is 15.2. The summed E-state index contributed by atoms with van der Waals surface area (Å²) in [4.78, 5) is 26.5. The molecule has 0 saturated heterocycles. The fourth-order valence-electron chi connectivity index (χ4n) is 2.63. The number of hydrogen-bond donors (Lipinski definition) is 3. The van der Waals surface area contributed by atoms with Gasteiger partial charge in [0.1, 0.15) is 11.5 Å². The van der Waals surface area contributed by atoms with Gasteiger partial charge in [0.25, 0.3) is 5.91 Å². The number of benzene rings is 2. The minimum absolute atomic E-state index is 0.118. The van der Waals surface area contributed by atoms with Crippen molar-refractivity contribution in [3.05, 3.63) is 59.9 Å². The van der Waals surface area contributed by atoms with E-state index in [1.54, 1.807) is 0 Å². The van der Waals surface area contributed by atoms with Crippen LogP contribution in [-0.4, -0.2) is 33.6 Å². The van der Waals surface area contributed by atoms with Crippen molar-refractivity contribution < 1.29 is 37.7 Å². The second kappa shape index (κ2) is 8.27. The van der Waals surface area contributed by atoms with Crippen LogP contribution in [0, 0.1) is 0 Å². The van der Waals surface area contributed by atoms with E-state index in [4.69, 9.17) is 9.84 Å². The Labute approximate surface area is 167 Å². The quantitative estimate of drug-likeness (QED) is 0.557. The van der Waals surface area contributed by atoms with Gasteiger partial charge in [-0.3, -0.25) is 9.59 Å². The van der Waals surface area contributed by atoms with Crippen molar-refractivity contribution in [2.45, 2.75) is 12.6 Å². The number of fused-ring (bicyclic) bond motifs is 1. The van der Waals surface area contributed by atoms with Crippen LogP contribution >= 0.6 is 0 Å². The lowest BCUT2D eigenvalue weighted by molar-refractivity contribution is -0.138. The van der Waals surface area contributed by atoms with Gasteiger partial charge in [-0.15, -0.1) is 0 Å². The Morgan fingerprint density at radius 2 is 1.73 bits per heavy atom. The third kappa shape index (κ3) is 4.77. The minimum atomic E-state index is -4.44. The number of amides is 1. The smallest absolute Gasteiger partial charge is 0.416 e. The first-order valence-corrected chi connectivity index (χ1v) is 8.62. The minimum Gasteiger partial charge on any atom is -0.505 e. The molecule has 156 valence electrons. The van der Waals surface area contributed by atoms with Crippen molar-refractivity contribution in [2.75, 3.05) is 6.54 Å². The van der Waals surface area contributed by atoms with Crippen LogP contribution in [0.2, 0.25) is 0 Å². The topological polar surface area (TPSA) is 109 Å². The van der Waals surface area contributed by atoms with E-state index in [9.17, 15) is 27.9 Å². The molecule has 0 fully saturated rings. The number of aromatic hydroxyl groups is 1. The van der Waals surface area contributed by atoms with Gasteiger partial charge in [-0.05, 0) is 42.5 Å². The molecule has 3 rings (SSSR count). The molecule has 7 nitrogen and oxygen atoms in total. The molecule has 0 spiro atoms. The van der Waals surface area contributed by atoms with Crippen molar-refractivity contribution >= 4 is 22.6 Å². The van der Waals surface area contributed by atoms with E-state index in [0.717, 1.165) is 12.1 Å². The first-order valence-electron chi connectivity index (χ1n) is 8.62. The maximum absolute atomic E-state index is 12.6. The number of aromatic nitrogens is 1. The number of carboxylic acid groups (broad SMARTS) is 1. The van der Waals surface area contributed by atoms with Crippen LogP contribution in [0.1, 0.15) is 22.5 Å². The van der Waals surface area contributed by atoms with E-state index in [-0.39, 0.29) is 30.2 Å². The number of nitrogens with one attached hydrogen (secondary N) is 1. The first kappa shape index (κ1) is 20.9. The zero-order chi connectivity index (χ0) is 21.9. The van der Waals surface area contributed by atoms with Gasteiger partial charge in [-0.2, -0.15) is 13.2 Å². The molecular formula is C20H15F3N2O5. The Kier molecular flexibility index (Phi) is 5.77. The van der Waals surface area contributed by atoms with Gasteiger partial charge in [-0.1, -0.05) is 0 Å². The molecule has 3 N–H and O–H groups in total. The zero-order valence-electron chi connectivity index (χ0n) is 15.2. The molecule has 2 aromatic carbocycles. The van der Waals surface area contributed by atoms with Gasteiger partial charge in [-0.25, -0.2) is 4.98 Å². The van der Waals surface area contributed by atoms with Gasteiger partial charge in [0, 0.05) is 23.5 Å². The van der Waals surface area contributed by atoms with Crippen molar-refractivity contribution in [3.8, 4) is 17.2 Å². The van der Waals surface area contributed by atoms with Crippen molar-refractivity contribution in [2.24, 2.45) is 0 Å². The van der Waals surface area contributed by atoms with Crippen LogP contribution in [0.15, 0.2) is 48.7 Å². The number of carbonyl (C=O) groups excluding carboxylic acids is 1. The number of carbonyl (C=O) groups is 2. The lowest BCUT2D eigenvalue weighted by Gasteiger charge is -2.11. The lowest BCUT2D eigenvalue weighted by Crippen LogP contribution is -2.26. The summed E-state index contributed by atoms with van der Waals surface area (Å²) in [5.74, 6) is -1.70. The van der Waals surface area contributed by atoms with E-state index in [2.05, 4.69) is 10.3 Å². The Morgan fingerprint density at radius 3 is 2.37 bits per heavy atom. The summed E-state index contributed by atoms with van der Waals surface area (Å²) in [5.41, 5.74) is -1.05. The molecule has 1 amide bonds. The number of nitrogens with zero attached hydrogens (tertiary/aromatic N) is 1. The van der Waals surface area contributed by atoms with E-state index < -0.39 is 23.6 Å². The molecule has 0 aliphatic carbocycles. The van der Waals surface area contributed by atoms with Gasteiger partial charge in [0.15, 0.2) is 11.4 Å². The number of alkyl halides is 3. The molecule has 3 aromatic rings. The Morgan fingerprint density at radius 1 is 1.07 bits per heavy atom. The summed E-state index contributed by atoms with van der Waals surface area (Å²) < 4.78 is 43.4. The standard InChI is InChI=1S/C20H15F3N2O5/c21-20(22,23)12-1-3-13(4-2-12)30-14-5-6-15-11(9-14)10-25-17(18(15)28)19(29)24-8-7-16(26)27/h1-6,9-10,28H,7-8H2,(H,24,29)(H,26,27). The van der Waals surface area contributed by atoms with Crippen LogP contribution in [-0.2, 0) is 11.0 Å². The number of hydrogen-bond acceptors (Lipinski definition) is 5. The number of aliphatic carboxylic acids is 1. The van der Waals surface area contributed by atoms with Crippen molar-refractivity contribution in [3.63, 3.8) is 0 Å². The normalized spacial score (nSPS) is 11.3. The molecule has 30 heavy (non-hydrogen) atoms. The third-order valence-electron chi connectivity index (χ3n) is 4.09. The summed E-state index contributed by atoms with van der Waals surface area (Å²) in [6.45, 7) is -0.118. The van der Waals surface area contributed by atoms with E-state index in [1.165, 1.54) is 36.5 Å². The van der Waals surface area contributed by atoms with Gasteiger partial charge in [0.2, 0.25) is 0 Å². The Bertz CT molecular complexity index is 1100. The molecule has 0 unspecified atom stereocenters. The van der Waals surface area contributed by atoms with Crippen LogP contribution in [0.25, 0.3) is 10.8 Å². The number of ether oxygens (including phenoxy) is 1. The number of pyridine rings is 1. The highest BCUT2D eigenvalue weighted by Gasteiger charge is 2.30. The summed E-state index contributed by atoms with van der Waals surface area (Å²) >= 11 is 0. The highest BCUT2D eigenvalue weighted by Crippen LogP contribution is 2.33. The average molecular weight is 420 g/mol. The van der Waals surface area contributed by atoms with Crippen LogP contribution in [0.4, 0.5) is 13.2 Å². The first-order chi connectivity index (χ1) is 14.1. The number of carboxylic acids is 1. The SMILES string of the molecule is O=C(O)CCNC(=O)c1ncc2cc(Oc3ccc(C(F)(F)F)cc3)ccc2c1O. The molecule has 0 aliphatic heterocycles. The number of rotatable bonds is 6. The predicted molar refractivity (Wildman–Crippen MR) is 99.5 cm³/mol. The van der Waals surface area contributed by atoms with E-state index in [0.29, 0.717) is 16.5 Å². The number of halogens is 3. The maximum atomic E-state index is 12.6. The van der Waals surface area contributed by atoms with Crippen LogP contribution in [0.3, 0.4) is 0 Å². The highest BCUT2D eigenvalue weighted by molar-refractivity contribution is 6.01. The van der Waals surface area contributed by atoms with Gasteiger partial charge >= 0.3 is 12.1 Å². The largest absolute Gasteiger partial charge is 0.505 e. The third-order valence-corrected chi connectivity index (χ3v) is 4.09. The molecule has 10 heteroatoms. The molecule has 1 aromatic heterocycles. The maximum Gasteiger partial charge on any atom is 0.416 e. The molecular weight excluding hydrogens is 405 g/mol. The van der Waals surface area contributed by atoms with Gasteiger partial charge < -0.3 is 20.3 Å². The second-order valence-electron chi connectivity index (χ2n) is 6.23. The summed E-state index contributed by atoms with van der Waals surface area (Å²) in [6.07, 6.45) is -3.40. The second-order valence-corrected chi connectivity index (χ2v) is 6.23. The average Bonchev–Trinajstić information content (AvgIpc) is 2.67. The predicted octanol–water partition coefficient (Wildman–Crippen LogP) is 3.96. The van der Waals surface area contributed by atoms with E-state index in [1.807, 2.05) is 0 Å². The van der Waals surface area contributed by atoms with Crippen LogP contribution < -0.4 is 10.1 Å². The fourth-order valence-corrected chi connectivity index (χ4v) is 2.63. The Balaban J connectivity index is 1.78. The highest BCUT2D eigenvalue weighted by atomic mass is 19.4. The van der Waals surface area contributed by atoms with Crippen molar-refractivity contribution in [1.29, 1.82) is 0 Å². The molecule has 0 radical (unpaired) electrons. The van der Waals surface area contributed by atoms with Crippen molar-refractivity contribution in [1.82, 2.24) is 10.3 Å². The molecule has 0 aliphatic rings. The van der Waals surface area contributed by atoms with E-state index >= 15 is 0 Å². The lowest BCUT2D eigenvalue weighted by atomic mass is 10.1. The Hall–Kier alpha value is -3.82. The van der Waals surface area contributed by atoms with Gasteiger partial charge in [0.05, 0.1) is 12.0 Å². The summed E-state index contributed by atoms with van der Waals surface area (Å²) in [6, 6.07) is 8.64. The van der Waals surface area contributed by atoms with Crippen LogP contribution in [0.5, 0.6) is 17.2 Å². The molecule has 0 bridgehead atoms. The molecule has 0 saturated carbocycles. The summed E-state index contributed by atoms with van der Waals surface area (Å²) in [7, 11) is 0.